The van der Waals surface area contributed by atoms with Crippen LogP contribution in [0.1, 0.15) is 53.1 Å². The molecule has 6 heteroatoms. The standard InChI is InChI=1S/C20H23ClN2O3/c1-11-5-6-15(21)10-18(11)22-19(24)14(4)26-20(25)17-9-12(2)23(13(17)3)16-7-8-16/h5-6,9-10,14,16H,7-8H2,1-4H3,(H,22,24)/t14-/m1/s1. The van der Waals surface area contributed by atoms with Crippen molar-refractivity contribution in [2.45, 2.75) is 52.7 Å². The summed E-state index contributed by atoms with van der Waals surface area (Å²) in [6.45, 7) is 7.34. The molecule has 1 saturated carbocycles. The lowest BCUT2D eigenvalue weighted by molar-refractivity contribution is -0.123. The maximum absolute atomic E-state index is 12.5. The first-order valence-electron chi connectivity index (χ1n) is 8.74. The van der Waals surface area contributed by atoms with Crippen molar-refractivity contribution >= 4 is 29.2 Å². The number of ether oxygens (including phenoxy) is 1. The zero-order valence-electron chi connectivity index (χ0n) is 15.4. The van der Waals surface area contributed by atoms with E-state index in [4.69, 9.17) is 16.3 Å². The van der Waals surface area contributed by atoms with Crippen molar-refractivity contribution in [3.05, 3.63) is 51.8 Å². The smallest absolute Gasteiger partial charge is 0.340 e. The third-order valence-corrected chi connectivity index (χ3v) is 4.96. The van der Waals surface area contributed by atoms with Crippen LogP contribution in [0.2, 0.25) is 5.02 Å². The Morgan fingerprint density at radius 1 is 1.23 bits per heavy atom. The van der Waals surface area contributed by atoms with Crippen LogP contribution in [0.25, 0.3) is 0 Å². The summed E-state index contributed by atoms with van der Waals surface area (Å²) >= 11 is 5.97. The summed E-state index contributed by atoms with van der Waals surface area (Å²) in [5.41, 5.74) is 3.96. The largest absolute Gasteiger partial charge is 0.449 e. The molecule has 0 aliphatic heterocycles. The van der Waals surface area contributed by atoms with Gasteiger partial charge in [0.15, 0.2) is 6.10 Å². The minimum absolute atomic E-state index is 0.389. The maximum Gasteiger partial charge on any atom is 0.340 e. The lowest BCUT2D eigenvalue weighted by Crippen LogP contribution is -2.30. The van der Waals surface area contributed by atoms with Gasteiger partial charge in [0.1, 0.15) is 0 Å². The number of benzene rings is 1. The average molecular weight is 375 g/mol. The summed E-state index contributed by atoms with van der Waals surface area (Å²) in [7, 11) is 0. The normalized spacial score (nSPS) is 14.8. The molecule has 138 valence electrons. The van der Waals surface area contributed by atoms with Gasteiger partial charge < -0.3 is 14.6 Å². The predicted molar refractivity (Wildman–Crippen MR) is 102 cm³/mol. The van der Waals surface area contributed by atoms with Gasteiger partial charge in [-0.25, -0.2) is 4.79 Å². The number of carbonyl (C=O) groups is 2. The van der Waals surface area contributed by atoms with Crippen molar-refractivity contribution < 1.29 is 14.3 Å². The number of hydrogen-bond acceptors (Lipinski definition) is 3. The Morgan fingerprint density at radius 2 is 1.92 bits per heavy atom. The molecule has 1 aromatic heterocycles. The minimum atomic E-state index is -0.912. The van der Waals surface area contributed by atoms with Crippen LogP contribution in [0.15, 0.2) is 24.3 Å². The molecule has 1 aromatic carbocycles. The van der Waals surface area contributed by atoms with Crippen LogP contribution in [0, 0.1) is 20.8 Å². The van der Waals surface area contributed by atoms with Gasteiger partial charge in [-0.3, -0.25) is 4.79 Å². The van der Waals surface area contributed by atoms with Crippen molar-refractivity contribution in [1.82, 2.24) is 4.57 Å². The third-order valence-electron chi connectivity index (χ3n) is 4.73. The Balaban J connectivity index is 1.68. The van der Waals surface area contributed by atoms with Gasteiger partial charge >= 0.3 is 5.97 Å². The second-order valence-corrected chi connectivity index (χ2v) is 7.32. The number of rotatable bonds is 5. The zero-order chi connectivity index (χ0) is 19.0. The first-order valence-corrected chi connectivity index (χ1v) is 9.12. The highest BCUT2D eigenvalue weighted by Gasteiger charge is 2.29. The molecular formula is C20H23ClN2O3. The molecule has 2 aromatic rings. The van der Waals surface area contributed by atoms with Crippen LogP contribution >= 0.6 is 11.6 Å². The summed E-state index contributed by atoms with van der Waals surface area (Å²) in [6, 6.07) is 7.57. The second-order valence-electron chi connectivity index (χ2n) is 6.88. The van der Waals surface area contributed by atoms with Crippen LogP contribution in [-0.2, 0) is 9.53 Å². The van der Waals surface area contributed by atoms with E-state index < -0.39 is 12.1 Å². The highest BCUT2D eigenvalue weighted by atomic mass is 35.5. The van der Waals surface area contributed by atoms with E-state index in [1.54, 1.807) is 19.1 Å². The fraction of sp³-hybridized carbons (Fsp3) is 0.400. The number of nitrogens with zero attached hydrogens (tertiary/aromatic N) is 1. The molecule has 3 rings (SSSR count). The van der Waals surface area contributed by atoms with Crippen molar-refractivity contribution in [2.75, 3.05) is 5.32 Å². The number of nitrogens with one attached hydrogen (secondary N) is 1. The molecule has 1 aliphatic rings. The van der Waals surface area contributed by atoms with Crippen LogP contribution in [0.4, 0.5) is 5.69 Å². The highest BCUT2D eigenvalue weighted by Crippen LogP contribution is 2.38. The number of aromatic nitrogens is 1. The number of hydrogen-bond donors (Lipinski definition) is 1. The van der Waals surface area contributed by atoms with Gasteiger partial charge in [-0.1, -0.05) is 17.7 Å². The number of anilines is 1. The number of amides is 1. The summed E-state index contributed by atoms with van der Waals surface area (Å²) in [5, 5.41) is 3.29. The number of aryl methyl sites for hydroxylation is 2. The van der Waals surface area contributed by atoms with E-state index in [9.17, 15) is 9.59 Å². The van der Waals surface area contributed by atoms with E-state index in [2.05, 4.69) is 9.88 Å². The van der Waals surface area contributed by atoms with Crippen LogP contribution in [-0.4, -0.2) is 22.5 Å². The van der Waals surface area contributed by atoms with Gasteiger partial charge in [-0.15, -0.1) is 0 Å². The number of halogens is 1. The Kier molecular flexibility index (Phi) is 5.10. The molecule has 1 N–H and O–H groups in total. The highest BCUT2D eigenvalue weighted by molar-refractivity contribution is 6.31. The molecule has 0 spiro atoms. The Morgan fingerprint density at radius 3 is 2.58 bits per heavy atom. The molecule has 5 nitrogen and oxygen atoms in total. The van der Waals surface area contributed by atoms with Gasteiger partial charge in [-0.2, -0.15) is 0 Å². The Bertz CT molecular complexity index is 868. The molecular weight excluding hydrogens is 352 g/mol. The molecule has 1 heterocycles. The summed E-state index contributed by atoms with van der Waals surface area (Å²) in [5.74, 6) is -0.866. The molecule has 0 bridgehead atoms. The van der Waals surface area contributed by atoms with Gasteiger partial charge in [0.25, 0.3) is 5.91 Å². The molecule has 0 saturated heterocycles. The van der Waals surface area contributed by atoms with E-state index in [1.807, 2.05) is 32.9 Å². The van der Waals surface area contributed by atoms with Crippen molar-refractivity contribution in [2.24, 2.45) is 0 Å². The lowest BCUT2D eigenvalue weighted by Gasteiger charge is -2.15. The van der Waals surface area contributed by atoms with Crippen molar-refractivity contribution in [3.8, 4) is 0 Å². The van der Waals surface area contributed by atoms with Gasteiger partial charge in [0.05, 0.1) is 5.56 Å². The first-order chi connectivity index (χ1) is 12.3. The number of carbonyl (C=O) groups excluding carboxylic acids is 2. The quantitative estimate of drug-likeness (QED) is 0.779. The fourth-order valence-corrected chi connectivity index (χ4v) is 3.29. The monoisotopic (exact) mass is 374 g/mol. The summed E-state index contributed by atoms with van der Waals surface area (Å²) < 4.78 is 7.57. The van der Waals surface area contributed by atoms with Gasteiger partial charge in [0.2, 0.25) is 0 Å². The Labute approximate surface area is 158 Å². The SMILES string of the molecule is Cc1ccc(Cl)cc1NC(=O)[C@@H](C)OC(=O)c1cc(C)n(C2CC2)c1C. The second kappa shape index (κ2) is 7.16. The van der Waals surface area contributed by atoms with E-state index in [0.29, 0.717) is 22.3 Å². The molecule has 26 heavy (non-hydrogen) atoms. The Hall–Kier alpha value is -2.27. The zero-order valence-corrected chi connectivity index (χ0v) is 16.2. The molecule has 1 atom stereocenters. The van der Waals surface area contributed by atoms with Crippen molar-refractivity contribution in [3.63, 3.8) is 0 Å². The molecule has 1 aliphatic carbocycles. The van der Waals surface area contributed by atoms with Gasteiger partial charge in [0, 0.05) is 28.1 Å². The summed E-state index contributed by atoms with van der Waals surface area (Å²) in [6.07, 6.45) is 1.37. The topological polar surface area (TPSA) is 60.3 Å². The molecule has 1 amide bonds. The van der Waals surface area contributed by atoms with Crippen LogP contribution < -0.4 is 5.32 Å². The lowest BCUT2D eigenvalue weighted by atomic mass is 10.2. The first kappa shape index (κ1) is 18.5. The fourth-order valence-electron chi connectivity index (χ4n) is 3.12. The molecule has 0 unspecified atom stereocenters. The summed E-state index contributed by atoms with van der Waals surface area (Å²) in [4.78, 5) is 24.9. The number of esters is 1. The average Bonchev–Trinajstić information content (AvgIpc) is 3.36. The third kappa shape index (κ3) is 3.78. The van der Waals surface area contributed by atoms with Crippen molar-refractivity contribution in [1.29, 1.82) is 0 Å². The van der Waals surface area contributed by atoms with Crippen LogP contribution in [0.3, 0.4) is 0 Å². The predicted octanol–water partition coefficient (Wildman–Crippen LogP) is 4.59. The molecule has 1 fully saturated rings. The van der Waals surface area contributed by atoms with Crippen LogP contribution in [0.5, 0.6) is 0 Å². The molecule has 0 radical (unpaired) electrons. The van der Waals surface area contributed by atoms with Gasteiger partial charge in [-0.05, 0) is 64.3 Å². The van der Waals surface area contributed by atoms with E-state index >= 15 is 0 Å². The maximum atomic E-state index is 12.5. The minimum Gasteiger partial charge on any atom is -0.449 e. The van der Waals surface area contributed by atoms with E-state index in [0.717, 1.165) is 29.8 Å². The van der Waals surface area contributed by atoms with E-state index in [1.165, 1.54) is 0 Å². The van der Waals surface area contributed by atoms with E-state index in [-0.39, 0.29) is 5.91 Å².